The molecule has 0 aliphatic carbocycles. The molecule has 0 bridgehead atoms. The van der Waals surface area contributed by atoms with Crippen molar-refractivity contribution in [2.45, 2.75) is 5.92 Å². The monoisotopic (exact) mass is 338 g/mol. The summed E-state index contributed by atoms with van der Waals surface area (Å²) in [6.07, 6.45) is 0. The van der Waals surface area contributed by atoms with E-state index in [0.29, 0.717) is 11.0 Å². The van der Waals surface area contributed by atoms with E-state index in [2.05, 4.69) is 15.3 Å². The van der Waals surface area contributed by atoms with Gasteiger partial charge in [-0.25, -0.2) is 14.2 Å². The fraction of sp³-hybridized carbons (Fsp3) is 0.0588. The number of anilines is 1. The average molecular weight is 338 g/mol. The van der Waals surface area contributed by atoms with Gasteiger partial charge in [-0.05, 0) is 30.3 Å². The molecule has 2 heterocycles. The number of aromatic nitrogens is 2. The van der Waals surface area contributed by atoms with Gasteiger partial charge in [0.05, 0.1) is 33.6 Å². The molecule has 1 aromatic heterocycles. The number of aromatic carboxylic acids is 1. The van der Waals surface area contributed by atoms with Crippen molar-refractivity contribution in [3.63, 3.8) is 0 Å². The Labute approximate surface area is 140 Å². The van der Waals surface area contributed by atoms with E-state index in [1.807, 2.05) is 0 Å². The first-order valence-corrected chi connectivity index (χ1v) is 7.37. The molecule has 1 atom stereocenters. The van der Waals surface area contributed by atoms with E-state index in [1.54, 1.807) is 0 Å². The van der Waals surface area contributed by atoms with Crippen LogP contribution in [0.1, 0.15) is 27.7 Å². The first-order valence-electron chi connectivity index (χ1n) is 7.37. The Kier molecular flexibility index (Phi) is 3.14. The molecular weight excluding hydrogens is 327 g/mol. The maximum atomic E-state index is 14.1. The molecule has 3 aromatic rings. The number of hydrogen-bond donors (Lipinski definition) is 4. The SMILES string of the molecule is N=C1c2c(F)cccc2NC(=O)C1c1nc2ccc(C(=O)O)cc2[nH]1. The molecule has 1 aliphatic rings. The number of carboxylic acid groups (broad SMARTS) is 1. The maximum Gasteiger partial charge on any atom is 0.335 e. The van der Waals surface area contributed by atoms with Gasteiger partial charge >= 0.3 is 5.97 Å². The normalized spacial score (nSPS) is 16.6. The number of imidazole rings is 1. The van der Waals surface area contributed by atoms with Crippen LogP contribution in [0.2, 0.25) is 0 Å². The van der Waals surface area contributed by atoms with Gasteiger partial charge in [0.1, 0.15) is 17.6 Å². The highest BCUT2D eigenvalue weighted by Gasteiger charge is 2.36. The molecule has 2 aromatic carbocycles. The van der Waals surface area contributed by atoms with Gasteiger partial charge in [0.15, 0.2) is 0 Å². The lowest BCUT2D eigenvalue weighted by Crippen LogP contribution is -2.35. The largest absolute Gasteiger partial charge is 0.478 e. The zero-order chi connectivity index (χ0) is 17.7. The van der Waals surface area contributed by atoms with Crippen LogP contribution in [0.4, 0.5) is 10.1 Å². The van der Waals surface area contributed by atoms with Crippen LogP contribution in [0.15, 0.2) is 36.4 Å². The summed E-state index contributed by atoms with van der Waals surface area (Å²) in [5.74, 6) is -3.13. The summed E-state index contributed by atoms with van der Waals surface area (Å²) in [6, 6.07) is 8.51. The third kappa shape index (κ3) is 2.26. The fourth-order valence-corrected chi connectivity index (χ4v) is 2.94. The van der Waals surface area contributed by atoms with E-state index in [1.165, 1.54) is 36.4 Å². The van der Waals surface area contributed by atoms with Crippen molar-refractivity contribution in [3.05, 3.63) is 59.2 Å². The van der Waals surface area contributed by atoms with Crippen molar-refractivity contribution in [2.24, 2.45) is 0 Å². The van der Waals surface area contributed by atoms with E-state index in [0.717, 1.165) is 0 Å². The number of carbonyl (C=O) groups is 2. The minimum absolute atomic E-state index is 0.0266. The summed E-state index contributed by atoms with van der Waals surface area (Å²) in [6.45, 7) is 0. The fourth-order valence-electron chi connectivity index (χ4n) is 2.94. The highest BCUT2D eigenvalue weighted by Crippen LogP contribution is 2.32. The van der Waals surface area contributed by atoms with Gasteiger partial charge in [-0.2, -0.15) is 0 Å². The lowest BCUT2D eigenvalue weighted by atomic mass is 9.90. The van der Waals surface area contributed by atoms with Crippen molar-refractivity contribution in [2.75, 3.05) is 5.32 Å². The summed E-state index contributed by atoms with van der Waals surface area (Å²) in [4.78, 5) is 30.6. The number of aromatic amines is 1. The number of amides is 1. The summed E-state index contributed by atoms with van der Waals surface area (Å²) in [5, 5.41) is 19.9. The van der Waals surface area contributed by atoms with Crippen LogP contribution in [0.25, 0.3) is 11.0 Å². The number of halogens is 1. The molecule has 1 aliphatic heterocycles. The molecule has 0 fully saturated rings. The summed E-state index contributed by atoms with van der Waals surface area (Å²) in [5.41, 5.74) is 1.03. The summed E-state index contributed by atoms with van der Waals surface area (Å²) >= 11 is 0. The Morgan fingerprint density at radius 1 is 1.28 bits per heavy atom. The molecule has 0 saturated carbocycles. The maximum absolute atomic E-state index is 14.1. The number of carboxylic acids is 1. The molecule has 124 valence electrons. The molecule has 4 N–H and O–H groups in total. The molecule has 0 saturated heterocycles. The second-order valence-corrected chi connectivity index (χ2v) is 5.66. The Morgan fingerprint density at radius 2 is 2.08 bits per heavy atom. The molecule has 1 unspecified atom stereocenters. The topological polar surface area (TPSA) is 119 Å². The van der Waals surface area contributed by atoms with Gasteiger partial charge in [0.25, 0.3) is 0 Å². The van der Waals surface area contributed by atoms with Crippen LogP contribution >= 0.6 is 0 Å². The van der Waals surface area contributed by atoms with E-state index < -0.39 is 23.6 Å². The number of benzene rings is 2. The predicted molar refractivity (Wildman–Crippen MR) is 87.7 cm³/mol. The van der Waals surface area contributed by atoms with E-state index in [-0.39, 0.29) is 28.4 Å². The zero-order valence-electron chi connectivity index (χ0n) is 12.6. The second-order valence-electron chi connectivity index (χ2n) is 5.66. The van der Waals surface area contributed by atoms with Crippen molar-refractivity contribution in [1.82, 2.24) is 9.97 Å². The number of fused-ring (bicyclic) bond motifs is 2. The molecule has 8 heteroatoms. The Morgan fingerprint density at radius 3 is 2.84 bits per heavy atom. The van der Waals surface area contributed by atoms with Crippen molar-refractivity contribution >= 4 is 34.3 Å². The lowest BCUT2D eigenvalue weighted by Gasteiger charge is -2.24. The Bertz CT molecular complexity index is 1070. The standard InChI is InChI=1S/C17H11FN4O3/c18-8-2-1-3-10-12(8)14(19)13(16(23)22-10)15-20-9-5-4-7(17(24)25)6-11(9)21-15/h1-6,13,19H,(H,20,21)(H,22,23)(H,24,25). The second kappa shape index (κ2) is 5.23. The van der Waals surface area contributed by atoms with Crippen LogP contribution in [0.3, 0.4) is 0 Å². The van der Waals surface area contributed by atoms with Gasteiger partial charge in [0.2, 0.25) is 5.91 Å². The van der Waals surface area contributed by atoms with Crippen LogP contribution in [-0.2, 0) is 4.79 Å². The Hall–Kier alpha value is -3.55. The molecule has 4 rings (SSSR count). The molecule has 1 amide bonds. The van der Waals surface area contributed by atoms with Crippen molar-refractivity contribution in [1.29, 1.82) is 5.41 Å². The minimum atomic E-state index is -1.11. The summed E-state index contributed by atoms with van der Waals surface area (Å²) < 4.78 is 14.1. The van der Waals surface area contributed by atoms with Crippen molar-refractivity contribution < 1.29 is 19.1 Å². The van der Waals surface area contributed by atoms with Gasteiger partial charge in [0, 0.05) is 0 Å². The number of hydrogen-bond acceptors (Lipinski definition) is 4. The van der Waals surface area contributed by atoms with Crippen LogP contribution in [0, 0.1) is 11.2 Å². The number of nitrogens with one attached hydrogen (secondary N) is 3. The molecular formula is C17H11FN4O3. The smallest absolute Gasteiger partial charge is 0.335 e. The van der Waals surface area contributed by atoms with Gasteiger partial charge in [-0.3, -0.25) is 4.79 Å². The molecule has 7 nitrogen and oxygen atoms in total. The molecule has 0 radical (unpaired) electrons. The van der Waals surface area contributed by atoms with E-state index in [9.17, 15) is 14.0 Å². The van der Waals surface area contributed by atoms with Gasteiger partial charge in [-0.1, -0.05) is 6.07 Å². The van der Waals surface area contributed by atoms with Crippen LogP contribution < -0.4 is 5.32 Å². The number of nitrogens with zero attached hydrogens (tertiary/aromatic N) is 1. The van der Waals surface area contributed by atoms with E-state index >= 15 is 0 Å². The van der Waals surface area contributed by atoms with Gasteiger partial charge < -0.3 is 20.8 Å². The Balaban J connectivity index is 1.83. The zero-order valence-corrected chi connectivity index (χ0v) is 12.6. The number of carbonyl (C=O) groups excluding carboxylic acids is 1. The van der Waals surface area contributed by atoms with Crippen LogP contribution in [-0.4, -0.2) is 32.7 Å². The highest BCUT2D eigenvalue weighted by atomic mass is 19.1. The highest BCUT2D eigenvalue weighted by molar-refractivity contribution is 6.25. The summed E-state index contributed by atoms with van der Waals surface area (Å²) in [7, 11) is 0. The quantitative estimate of drug-likeness (QED) is 0.574. The van der Waals surface area contributed by atoms with Crippen molar-refractivity contribution in [3.8, 4) is 0 Å². The van der Waals surface area contributed by atoms with Gasteiger partial charge in [-0.15, -0.1) is 0 Å². The minimum Gasteiger partial charge on any atom is -0.478 e. The third-order valence-electron chi connectivity index (χ3n) is 4.11. The number of rotatable bonds is 2. The number of H-pyrrole nitrogens is 1. The first-order chi connectivity index (χ1) is 12.0. The average Bonchev–Trinajstić information content (AvgIpc) is 2.96. The predicted octanol–water partition coefficient (Wildman–Crippen LogP) is 2.50. The van der Waals surface area contributed by atoms with E-state index in [4.69, 9.17) is 10.5 Å². The first kappa shape index (κ1) is 15.0. The molecule has 0 spiro atoms. The third-order valence-corrected chi connectivity index (χ3v) is 4.11. The molecule has 25 heavy (non-hydrogen) atoms. The lowest BCUT2D eigenvalue weighted by molar-refractivity contribution is -0.116. The van der Waals surface area contributed by atoms with Crippen LogP contribution in [0.5, 0.6) is 0 Å².